The number of furan rings is 1. The molecule has 22 heavy (non-hydrogen) atoms. The summed E-state index contributed by atoms with van der Waals surface area (Å²) in [5.74, 6) is 2.23. The molecule has 2 aromatic heterocycles. The van der Waals surface area contributed by atoms with Gasteiger partial charge in [0.1, 0.15) is 11.6 Å². The lowest BCUT2D eigenvalue weighted by Crippen LogP contribution is -2.06. The molecule has 0 amide bonds. The molecule has 0 unspecified atom stereocenters. The Morgan fingerprint density at radius 1 is 1.05 bits per heavy atom. The zero-order chi connectivity index (χ0) is 15.2. The van der Waals surface area contributed by atoms with E-state index >= 15 is 0 Å². The molecule has 0 fully saturated rings. The first-order valence-electron chi connectivity index (χ1n) is 7.18. The molecule has 2 heterocycles. The van der Waals surface area contributed by atoms with Crippen molar-refractivity contribution in [2.75, 3.05) is 10.6 Å². The van der Waals surface area contributed by atoms with E-state index in [1.54, 1.807) is 12.5 Å². The Hall–Kier alpha value is -2.82. The van der Waals surface area contributed by atoms with E-state index in [9.17, 15) is 0 Å². The average molecular weight is 294 g/mol. The van der Waals surface area contributed by atoms with Gasteiger partial charge in [-0.05, 0) is 30.7 Å². The molecule has 1 aromatic carbocycles. The van der Waals surface area contributed by atoms with Gasteiger partial charge in [-0.2, -0.15) is 4.98 Å². The fourth-order valence-corrected chi connectivity index (χ4v) is 2.14. The average Bonchev–Trinajstić information content (AvgIpc) is 3.05. The third-order valence-electron chi connectivity index (χ3n) is 3.21. The van der Waals surface area contributed by atoms with Crippen LogP contribution < -0.4 is 10.6 Å². The van der Waals surface area contributed by atoms with E-state index in [0.717, 1.165) is 11.6 Å². The SMILES string of the molecule is Cc1cccc(CNc2nccc(NCc3ccco3)n2)c1. The van der Waals surface area contributed by atoms with Gasteiger partial charge in [-0.15, -0.1) is 0 Å². The van der Waals surface area contributed by atoms with Crippen molar-refractivity contribution in [2.45, 2.75) is 20.0 Å². The fraction of sp³-hybridized carbons (Fsp3) is 0.176. The number of hydrogen-bond donors (Lipinski definition) is 2. The van der Waals surface area contributed by atoms with E-state index in [1.165, 1.54) is 11.1 Å². The Balaban J connectivity index is 1.59. The summed E-state index contributed by atoms with van der Waals surface area (Å²) in [4.78, 5) is 8.67. The first kappa shape index (κ1) is 14.1. The summed E-state index contributed by atoms with van der Waals surface area (Å²) in [6, 6.07) is 14.0. The van der Waals surface area contributed by atoms with Gasteiger partial charge in [-0.1, -0.05) is 29.8 Å². The minimum Gasteiger partial charge on any atom is -0.467 e. The summed E-state index contributed by atoms with van der Waals surface area (Å²) < 4.78 is 5.28. The van der Waals surface area contributed by atoms with Crippen molar-refractivity contribution >= 4 is 11.8 Å². The van der Waals surface area contributed by atoms with Gasteiger partial charge in [0.15, 0.2) is 0 Å². The van der Waals surface area contributed by atoms with Crippen molar-refractivity contribution in [2.24, 2.45) is 0 Å². The molecule has 0 spiro atoms. The summed E-state index contributed by atoms with van der Waals surface area (Å²) in [7, 11) is 0. The molecule has 0 radical (unpaired) electrons. The topological polar surface area (TPSA) is 63.0 Å². The summed E-state index contributed by atoms with van der Waals surface area (Å²) in [6.45, 7) is 3.38. The van der Waals surface area contributed by atoms with Crippen LogP contribution >= 0.6 is 0 Å². The number of nitrogens with one attached hydrogen (secondary N) is 2. The van der Waals surface area contributed by atoms with Crippen LogP contribution in [0.2, 0.25) is 0 Å². The van der Waals surface area contributed by atoms with Crippen LogP contribution in [0.15, 0.2) is 59.3 Å². The highest BCUT2D eigenvalue weighted by atomic mass is 16.3. The molecule has 0 aliphatic carbocycles. The lowest BCUT2D eigenvalue weighted by molar-refractivity contribution is 0.518. The second-order valence-electron chi connectivity index (χ2n) is 5.04. The van der Waals surface area contributed by atoms with Gasteiger partial charge in [0, 0.05) is 12.7 Å². The molecule has 3 rings (SSSR count). The van der Waals surface area contributed by atoms with Gasteiger partial charge in [0.2, 0.25) is 5.95 Å². The summed E-state index contributed by atoms with van der Waals surface area (Å²) >= 11 is 0. The van der Waals surface area contributed by atoms with Crippen LogP contribution in [0.5, 0.6) is 0 Å². The third-order valence-corrected chi connectivity index (χ3v) is 3.21. The standard InChI is InChI=1S/C17H18N4O/c1-13-4-2-5-14(10-13)11-20-17-18-8-7-16(21-17)19-12-15-6-3-9-22-15/h2-10H,11-12H2,1H3,(H2,18,19,20,21). The normalized spacial score (nSPS) is 10.4. The van der Waals surface area contributed by atoms with Crippen LogP contribution in [0.3, 0.4) is 0 Å². The number of rotatable bonds is 6. The fourth-order valence-electron chi connectivity index (χ4n) is 2.14. The Morgan fingerprint density at radius 3 is 2.82 bits per heavy atom. The lowest BCUT2D eigenvalue weighted by atomic mass is 10.1. The Morgan fingerprint density at radius 2 is 2.00 bits per heavy atom. The highest BCUT2D eigenvalue weighted by Gasteiger charge is 2.01. The van der Waals surface area contributed by atoms with E-state index in [-0.39, 0.29) is 0 Å². The first-order valence-corrected chi connectivity index (χ1v) is 7.18. The molecule has 0 atom stereocenters. The van der Waals surface area contributed by atoms with E-state index in [2.05, 4.69) is 51.8 Å². The summed E-state index contributed by atoms with van der Waals surface area (Å²) in [5.41, 5.74) is 2.45. The van der Waals surface area contributed by atoms with Crippen molar-refractivity contribution in [1.29, 1.82) is 0 Å². The van der Waals surface area contributed by atoms with Crippen LogP contribution in [0.4, 0.5) is 11.8 Å². The molecule has 3 aromatic rings. The predicted octanol–water partition coefficient (Wildman–Crippen LogP) is 3.60. The molecule has 0 saturated carbocycles. The van der Waals surface area contributed by atoms with Crippen LogP contribution in [0, 0.1) is 6.92 Å². The van der Waals surface area contributed by atoms with Crippen molar-refractivity contribution in [3.63, 3.8) is 0 Å². The molecular weight excluding hydrogens is 276 g/mol. The highest BCUT2D eigenvalue weighted by molar-refractivity contribution is 5.40. The first-order chi connectivity index (χ1) is 10.8. The zero-order valence-electron chi connectivity index (χ0n) is 12.4. The molecule has 0 aliphatic heterocycles. The molecular formula is C17H18N4O. The number of benzene rings is 1. The quantitative estimate of drug-likeness (QED) is 0.727. The second-order valence-corrected chi connectivity index (χ2v) is 5.04. The van der Waals surface area contributed by atoms with Gasteiger partial charge in [0.05, 0.1) is 12.8 Å². The molecule has 5 heteroatoms. The highest BCUT2D eigenvalue weighted by Crippen LogP contribution is 2.10. The van der Waals surface area contributed by atoms with Crippen LogP contribution in [-0.2, 0) is 13.1 Å². The van der Waals surface area contributed by atoms with Crippen LogP contribution in [0.1, 0.15) is 16.9 Å². The zero-order valence-corrected chi connectivity index (χ0v) is 12.4. The second kappa shape index (κ2) is 6.76. The molecule has 112 valence electrons. The predicted molar refractivity (Wildman–Crippen MR) is 86.6 cm³/mol. The van der Waals surface area contributed by atoms with Crippen molar-refractivity contribution in [1.82, 2.24) is 9.97 Å². The van der Waals surface area contributed by atoms with Gasteiger partial charge in [0.25, 0.3) is 0 Å². The number of hydrogen-bond acceptors (Lipinski definition) is 5. The van der Waals surface area contributed by atoms with Crippen LogP contribution in [0.25, 0.3) is 0 Å². The van der Waals surface area contributed by atoms with E-state index in [4.69, 9.17) is 4.42 Å². The van der Waals surface area contributed by atoms with E-state index in [0.29, 0.717) is 19.0 Å². The molecule has 0 aliphatic rings. The Labute approximate surface area is 129 Å². The lowest BCUT2D eigenvalue weighted by Gasteiger charge is -2.08. The maximum Gasteiger partial charge on any atom is 0.224 e. The number of aryl methyl sites for hydroxylation is 1. The third kappa shape index (κ3) is 3.85. The van der Waals surface area contributed by atoms with Gasteiger partial charge in [-0.25, -0.2) is 4.98 Å². The maximum absolute atomic E-state index is 5.28. The van der Waals surface area contributed by atoms with Crippen molar-refractivity contribution in [3.8, 4) is 0 Å². The smallest absolute Gasteiger partial charge is 0.224 e. The summed E-state index contributed by atoms with van der Waals surface area (Å²) in [5, 5.41) is 6.45. The molecule has 5 nitrogen and oxygen atoms in total. The van der Waals surface area contributed by atoms with Crippen molar-refractivity contribution < 1.29 is 4.42 Å². The maximum atomic E-state index is 5.28. The minimum absolute atomic E-state index is 0.599. The molecule has 2 N–H and O–H groups in total. The number of nitrogens with zero attached hydrogens (tertiary/aromatic N) is 2. The van der Waals surface area contributed by atoms with Crippen molar-refractivity contribution in [3.05, 3.63) is 71.8 Å². The summed E-state index contributed by atoms with van der Waals surface area (Å²) in [6.07, 6.45) is 3.39. The molecule has 0 bridgehead atoms. The van der Waals surface area contributed by atoms with Crippen LogP contribution in [-0.4, -0.2) is 9.97 Å². The van der Waals surface area contributed by atoms with Gasteiger partial charge >= 0.3 is 0 Å². The largest absolute Gasteiger partial charge is 0.467 e. The number of anilines is 2. The van der Waals surface area contributed by atoms with Gasteiger partial charge in [-0.3, -0.25) is 0 Å². The Bertz CT molecular complexity index is 725. The van der Waals surface area contributed by atoms with E-state index < -0.39 is 0 Å². The monoisotopic (exact) mass is 294 g/mol. The molecule has 0 saturated heterocycles. The minimum atomic E-state index is 0.599. The van der Waals surface area contributed by atoms with Gasteiger partial charge < -0.3 is 15.1 Å². The number of aromatic nitrogens is 2. The van der Waals surface area contributed by atoms with E-state index in [1.807, 2.05) is 18.2 Å². The Kier molecular flexibility index (Phi) is 4.34.